The molecule has 0 spiro atoms. The Morgan fingerprint density at radius 3 is 2.76 bits per heavy atom. The Balaban J connectivity index is 1.96. The molecule has 0 aliphatic heterocycles. The van der Waals surface area contributed by atoms with Gasteiger partial charge in [0.25, 0.3) is 5.56 Å². The van der Waals surface area contributed by atoms with Gasteiger partial charge in [0.1, 0.15) is 5.75 Å². The van der Waals surface area contributed by atoms with Crippen molar-refractivity contribution in [3.05, 3.63) is 58.6 Å². The zero-order valence-electron chi connectivity index (χ0n) is 14.1. The van der Waals surface area contributed by atoms with E-state index in [0.29, 0.717) is 11.3 Å². The van der Waals surface area contributed by atoms with E-state index >= 15 is 0 Å². The normalized spacial score (nSPS) is 11.2. The van der Waals surface area contributed by atoms with Crippen molar-refractivity contribution in [2.45, 2.75) is 6.92 Å². The molecule has 7 heteroatoms. The second kappa shape index (κ2) is 5.62. The number of nitrogens with one attached hydrogen (secondary N) is 1. The molecule has 1 aromatic carbocycles. The minimum atomic E-state index is -0.173. The number of ether oxygens (including phenoxy) is 1. The fourth-order valence-corrected chi connectivity index (χ4v) is 2.96. The summed E-state index contributed by atoms with van der Waals surface area (Å²) >= 11 is 0. The third-order valence-electron chi connectivity index (χ3n) is 4.23. The lowest BCUT2D eigenvalue weighted by Gasteiger charge is -2.06. The van der Waals surface area contributed by atoms with Gasteiger partial charge >= 0.3 is 0 Å². The summed E-state index contributed by atoms with van der Waals surface area (Å²) in [5.74, 6) is 0.734. The van der Waals surface area contributed by atoms with Crippen LogP contribution < -0.4 is 10.3 Å². The van der Waals surface area contributed by atoms with Crippen LogP contribution >= 0.6 is 0 Å². The lowest BCUT2D eigenvalue weighted by Crippen LogP contribution is -2.14. The van der Waals surface area contributed by atoms with Crippen molar-refractivity contribution >= 4 is 5.65 Å². The van der Waals surface area contributed by atoms with Crippen LogP contribution in [-0.2, 0) is 7.05 Å². The summed E-state index contributed by atoms with van der Waals surface area (Å²) in [7, 11) is 3.46. The standard InChI is InChI=1S/C18H17N5O2/c1-11-17(13-6-4-5-7-15(13)25-3)21-23-16(24)8-14(20-18(11)23)12-9-19-22(2)10-12/h4-10,21H,1-3H3. The maximum atomic E-state index is 12.6. The van der Waals surface area contributed by atoms with Crippen molar-refractivity contribution in [1.29, 1.82) is 0 Å². The second-order valence-electron chi connectivity index (χ2n) is 5.85. The molecule has 25 heavy (non-hydrogen) atoms. The Bertz CT molecular complexity index is 1140. The molecule has 7 nitrogen and oxygen atoms in total. The molecule has 0 bridgehead atoms. The summed E-state index contributed by atoms with van der Waals surface area (Å²) < 4.78 is 8.58. The molecule has 0 aliphatic carbocycles. The lowest BCUT2D eigenvalue weighted by atomic mass is 10.1. The largest absolute Gasteiger partial charge is 0.496 e. The summed E-state index contributed by atoms with van der Waals surface area (Å²) in [5.41, 5.74) is 4.40. The van der Waals surface area contributed by atoms with Gasteiger partial charge in [-0.1, -0.05) is 12.1 Å². The van der Waals surface area contributed by atoms with Crippen LogP contribution in [0.2, 0.25) is 0 Å². The first kappa shape index (κ1) is 15.2. The van der Waals surface area contributed by atoms with Crippen LogP contribution in [0.4, 0.5) is 0 Å². The molecule has 0 atom stereocenters. The van der Waals surface area contributed by atoms with Crippen LogP contribution in [0.15, 0.2) is 47.5 Å². The van der Waals surface area contributed by atoms with Gasteiger partial charge in [0.2, 0.25) is 0 Å². The fraction of sp³-hybridized carbons (Fsp3) is 0.167. The van der Waals surface area contributed by atoms with E-state index < -0.39 is 0 Å². The number of rotatable bonds is 3. The Labute approximate surface area is 143 Å². The van der Waals surface area contributed by atoms with Gasteiger partial charge in [-0.05, 0) is 19.1 Å². The van der Waals surface area contributed by atoms with Crippen LogP contribution in [-0.4, -0.2) is 31.5 Å². The third-order valence-corrected chi connectivity index (χ3v) is 4.23. The van der Waals surface area contributed by atoms with Crippen LogP contribution in [0.25, 0.3) is 28.2 Å². The topological polar surface area (TPSA) is 77.2 Å². The second-order valence-corrected chi connectivity index (χ2v) is 5.85. The van der Waals surface area contributed by atoms with Gasteiger partial charge in [0, 0.05) is 36.0 Å². The van der Waals surface area contributed by atoms with Crippen molar-refractivity contribution in [3.63, 3.8) is 0 Å². The van der Waals surface area contributed by atoms with E-state index in [4.69, 9.17) is 4.74 Å². The molecule has 0 unspecified atom stereocenters. The summed E-state index contributed by atoms with van der Waals surface area (Å²) in [5, 5.41) is 7.29. The number of para-hydroxylation sites is 1. The molecule has 0 saturated heterocycles. The minimum absolute atomic E-state index is 0.173. The number of aromatic nitrogens is 5. The molecule has 0 amide bonds. The predicted octanol–water partition coefficient (Wildman–Crippen LogP) is 2.41. The molecular weight excluding hydrogens is 318 g/mol. The number of aromatic amines is 1. The highest BCUT2D eigenvalue weighted by Gasteiger charge is 2.16. The molecular formula is C18H17N5O2. The molecule has 0 fully saturated rings. The van der Waals surface area contributed by atoms with Crippen molar-refractivity contribution in [2.75, 3.05) is 7.11 Å². The minimum Gasteiger partial charge on any atom is -0.496 e. The fourth-order valence-electron chi connectivity index (χ4n) is 2.96. The average molecular weight is 335 g/mol. The zero-order chi connectivity index (χ0) is 17.6. The van der Waals surface area contributed by atoms with E-state index in [1.54, 1.807) is 18.0 Å². The number of methoxy groups -OCH3 is 1. The number of aryl methyl sites for hydroxylation is 2. The molecule has 4 rings (SSSR count). The zero-order valence-corrected chi connectivity index (χ0v) is 14.1. The van der Waals surface area contributed by atoms with Gasteiger partial charge in [0.15, 0.2) is 5.65 Å². The number of benzene rings is 1. The highest BCUT2D eigenvalue weighted by atomic mass is 16.5. The molecule has 126 valence electrons. The highest BCUT2D eigenvalue weighted by Crippen LogP contribution is 2.32. The lowest BCUT2D eigenvalue weighted by molar-refractivity contribution is 0.416. The van der Waals surface area contributed by atoms with E-state index in [1.165, 1.54) is 10.6 Å². The number of hydrogen-bond donors (Lipinski definition) is 1. The quantitative estimate of drug-likeness (QED) is 0.624. The van der Waals surface area contributed by atoms with E-state index in [2.05, 4.69) is 15.2 Å². The van der Waals surface area contributed by atoms with Crippen LogP contribution in [0.5, 0.6) is 5.75 Å². The maximum absolute atomic E-state index is 12.6. The van der Waals surface area contributed by atoms with E-state index in [0.717, 1.165) is 28.1 Å². The average Bonchev–Trinajstić information content (AvgIpc) is 3.19. The Morgan fingerprint density at radius 2 is 2.04 bits per heavy atom. The number of fused-ring (bicyclic) bond motifs is 1. The van der Waals surface area contributed by atoms with E-state index in [-0.39, 0.29) is 5.56 Å². The third kappa shape index (κ3) is 2.40. The first-order valence-electron chi connectivity index (χ1n) is 7.83. The predicted molar refractivity (Wildman–Crippen MR) is 94.7 cm³/mol. The van der Waals surface area contributed by atoms with Crippen molar-refractivity contribution in [2.24, 2.45) is 7.05 Å². The molecule has 1 N–H and O–H groups in total. The van der Waals surface area contributed by atoms with Crippen molar-refractivity contribution < 1.29 is 4.74 Å². The van der Waals surface area contributed by atoms with Gasteiger partial charge in [-0.15, -0.1) is 0 Å². The van der Waals surface area contributed by atoms with Crippen molar-refractivity contribution in [3.8, 4) is 28.3 Å². The molecule has 0 saturated carbocycles. The summed E-state index contributed by atoms with van der Waals surface area (Å²) in [6.45, 7) is 1.94. The molecule has 3 aromatic heterocycles. The first-order chi connectivity index (χ1) is 12.1. The number of H-pyrrole nitrogens is 1. The van der Waals surface area contributed by atoms with Crippen molar-refractivity contribution in [1.82, 2.24) is 24.4 Å². The van der Waals surface area contributed by atoms with Gasteiger partial charge in [0.05, 0.1) is 24.7 Å². The summed E-state index contributed by atoms with van der Waals surface area (Å²) in [4.78, 5) is 17.2. The summed E-state index contributed by atoms with van der Waals surface area (Å²) in [6.07, 6.45) is 3.53. The Kier molecular flexibility index (Phi) is 3.42. The number of hydrogen-bond acceptors (Lipinski definition) is 4. The first-order valence-corrected chi connectivity index (χ1v) is 7.83. The molecule has 0 radical (unpaired) electrons. The number of nitrogens with zero attached hydrogens (tertiary/aromatic N) is 4. The van der Waals surface area contributed by atoms with Gasteiger partial charge in [-0.25, -0.2) is 9.50 Å². The molecule has 0 aliphatic rings. The van der Waals surface area contributed by atoms with Crippen LogP contribution in [0.3, 0.4) is 0 Å². The van der Waals surface area contributed by atoms with E-state index in [1.807, 2.05) is 44.4 Å². The summed E-state index contributed by atoms with van der Waals surface area (Å²) in [6, 6.07) is 9.18. The highest BCUT2D eigenvalue weighted by molar-refractivity contribution is 5.75. The molecule has 3 heterocycles. The maximum Gasteiger partial charge on any atom is 0.273 e. The monoisotopic (exact) mass is 335 g/mol. The Hall–Kier alpha value is -3.35. The smallest absolute Gasteiger partial charge is 0.273 e. The van der Waals surface area contributed by atoms with Gasteiger partial charge in [-0.2, -0.15) is 5.10 Å². The van der Waals surface area contributed by atoms with Gasteiger partial charge in [-0.3, -0.25) is 14.6 Å². The van der Waals surface area contributed by atoms with Crippen LogP contribution in [0, 0.1) is 6.92 Å². The van der Waals surface area contributed by atoms with E-state index in [9.17, 15) is 4.79 Å². The van der Waals surface area contributed by atoms with Gasteiger partial charge < -0.3 is 4.74 Å². The SMILES string of the molecule is COc1ccccc1-c1[nH]n2c(=O)cc(-c3cnn(C)c3)nc2c1C. The molecule has 4 aromatic rings. The Morgan fingerprint density at radius 1 is 1.24 bits per heavy atom. The van der Waals surface area contributed by atoms with Crippen LogP contribution in [0.1, 0.15) is 5.56 Å².